The molecular formula is C21H20N2O3S. The van der Waals surface area contributed by atoms with E-state index in [0.717, 1.165) is 29.7 Å². The molecule has 0 radical (unpaired) electrons. The first-order chi connectivity index (χ1) is 12.9. The van der Waals surface area contributed by atoms with E-state index in [1.54, 1.807) is 18.2 Å². The lowest BCUT2D eigenvalue weighted by atomic mass is 9.76. The van der Waals surface area contributed by atoms with Crippen molar-refractivity contribution in [1.82, 2.24) is 9.55 Å². The fraction of sp³-hybridized carbons (Fsp3) is 0.286. The summed E-state index contributed by atoms with van der Waals surface area (Å²) in [5.41, 5.74) is 5.24. The summed E-state index contributed by atoms with van der Waals surface area (Å²) in [5.74, 6) is 0.0122. The first-order valence-corrected chi connectivity index (χ1v) is 11.0. The molecule has 1 aliphatic carbocycles. The number of benzene rings is 2. The molecule has 0 fully saturated rings. The van der Waals surface area contributed by atoms with Crippen LogP contribution < -0.4 is 0 Å². The van der Waals surface area contributed by atoms with Crippen molar-refractivity contribution < 1.29 is 13.5 Å². The lowest BCUT2D eigenvalue weighted by Crippen LogP contribution is -2.28. The number of nitrogens with zero attached hydrogens (tertiary/aromatic N) is 2. The Kier molecular flexibility index (Phi) is 3.58. The van der Waals surface area contributed by atoms with Crippen molar-refractivity contribution in [1.29, 1.82) is 0 Å². The summed E-state index contributed by atoms with van der Waals surface area (Å²) in [6.45, 7) is 0. The van der Waals surface area contributed by atoms with Crippen LogP contribution in [0.2, 0.25) is 0 Å². The van der Waals surface area contributed by atoms with E-state index in [9.17, 15) is 13.5 Å². The SMILES string of the molecule is CS(=O)(=O)c1ccc2c(c1)CC[C@@H]([C@H]1c3ccccc3-c3cncn31)[C@H]2O. The molecular weight excluding hydrogens is 360 g/mol. The zero-order valence-corrected chi connectivity index (χ0v) is 15.7. The Hall–Kier alpha value is -2.44. The summed E-state index contributed by atoms with van der Waals surface area (Å²) in [7, 11) is -3.25. The molecule has 2 aliphatic rings. The number of aryl methyl sites for hydroxylation is 1. The smallest absolute Gasteiger partial charge is 0.175 e. The maximum absolute atomic E-state index is 11.8. The molecule has 138 valence electrons. The van der Waals surface area contributed by atoms with E-state index in [-0.39, 0.29) is 12.0 Å². The number of hydrogen-bond donors (Lipinski definition) is 1. The van der Waals surface area contributed by atoms with Crippen molar-refractivity contribution >= 4 is 9.84 Å². The fourth-order valence-electron chi connectivity index (χ4n) is 4.67. The van der Waals surface area contributed by atoms with Crippen LogP contribution in [0.25, 0.3) is 11.3 Å². The van der Waals surface area contributed by atoms with Crippen LogP contribution in [0.5, 0.6) is 0 Å². The van der Waals surface area contributed by atoms with Crippen molar-refractivity contribution in [2.45, 2.75) is 29.9 Å². The van der Waals surface area contributed by atoms with Crippen molar-refractivity contribution in [3.63, 3.8) is 0 Å². The number of sulfone groups is 1. The Balaban J connectivity index is 1.57. The highest BCUT2D eigenvalue weighted by atomic mass is 32.2. The molecule has 5 rings (SSSR count). The zero-order chi connectivity index (χ0) is 18.8. The molecule has 0 saturated heterocycles. The zero-order valence-electron chi connectivity index (χ0n) is 14.9. The van der Waals surface area contributed by atoms with E-state index in [0.29, 0.717) is 4.90 Å². The quantitative estimate of drug-likeness (QED) is 0.741. The van der Waals surface area contributed by atoms with E-state index in [2.05, 4.69) is 21.7 Å². The first kappa shape index (κ1) is 16.7. The molecule has 27 heavy (non-hydrogen) atoms. The van der Waals surface area contributed by atoms with Crippen LogP contribution in [-0.2, 0) is 16.3 Å². The van der Waals surface area contributed by atoms with Crippen LogP contribution in [0.4, 0.5) is 0 Å². The molecule has 1 N–H and O–H groups in total. The molecule has 5 nitrogen and oxygen atoms in total. The van der Waals surface area contributed by atoms with Gasteiger partial charge in [-0.3, -0.25) is 0 Å². The van der Waals surface area contributed by atoms with Crippen molar-refractivity contribution in [3.05, 3.63) is 71.7 Å². The highest BCUT2D eigenvalue weighted by Crippen LogP contribution is 2.49. The lowest BCUT2D eigenvalue weighted by molar-refractivity contribution is 0.0719. The second-order valence-electron chi connectivity index (χ2n) is 7.50. The van der Waals surface area contributed by atoms with Crippen LogP contribution >= 0.6 is 0 Å². The predicted molar refractivity (Wildman–Crippen MR) is 102 cm³/mol. The highest BCUT2D eigenvalue weighted by Gasteiger charge is 2.40. The third-order valence-electron chi connectivity index (χ3n) is 5.94. The van der Waals surface area contributed by atoms with Gasteiger partial charge in [-0.05, 0) is 41.7 Å². The molecule has 0 saturated carbocycles. The topological polar surface area (TPSA) is 72.2 Å². The Bertz CT molecular complexity index is 1150. The molecule has 2 heterocycles. The standard InChI is InChI=1S/C21H20N2O3S/c1-27(25,26)14-7-9-15-13(10-14)6-8-18(21(15)24)20-17-5-3-2-4-16(17)19-11-22-12-23(19)20/h2-5,7,9-12,18,20-21,24H,6,8H2,1H3/t18-,20+,21-/m0/s1. The van der Waals surface area contributed by atoms with Gasteiger partial charge in [-0.1, -0.05) is 30.3 Å². The van der Waals surface area contributed by atoms with Crippen LogP contribution in [-0.4, -0.2) is 29.3 Å². The summed E-state index contributed by atoms with van der Waals surface area (Å²) < 4.78 is 25.9. The molecule has 2 aromatic carbocycles. The van der Waals surface area contributed by atoms with Gasteiger partial charge < -0.3 is 9.67 Å². The number of hydrogen-bond acceptors (Lipinski definition) is 4. The minimum absolute atomic E-state index is 0.0122. The van der Waals surface area contributed by atoms with Gasteiger partial charge in [0.25, 0.3) is 0 Å². The molecule has 6 heteroatoms. The van der Waals surface area contributed by atoms with Gasteiger partial charge in [0, 0.05) is 17.7 Å². The van der Waals surface area contributed by atoms with E-state index >= 15 is 0 Å². The van der Waals surface area contributed by atoms with Crippen molar-refractivity contribution in [3.8, 4) is 11.3 Å². The van der Waals surface area contributed by atoms with Crippen LogP contribution in [0, 0.1) is 5.92 Å². The summed E-state index contributed by atoms with van der Waals surface area (Å²) in [5, 5.41) is 11.2. The Morgan fingerprint density at radius 3 is 2.78 bits per heavy atom. The van der Waals surface area contributed by atoms with Crippen molar-refractivity contribution in [2.75, 3.05) is 6.26 Å². The number of aliphatic hydroxyl groups is 1. The second-order valence-corrected chi connectivity index (χ2v) is 9.51. The average Bonchev–Trinajstić information content (AvgIpc) is 3.22. The van der Waals surface area contributed by atoms with E-state index < -0.39 is 15.9 Å². The summed E-state index contributed by atoms with van der Waals surface area (Å²) in [6, 6.07) is 13.4. The van der Waals surface area contributed by atoms with Gasteiger partial charge in [-0.15, -0.1) is 0 Å². The van der Waals surface area contributed by atoms with Gasteiger partial charge in [0.05, 0.1) is 35.3 Å². The minimum atomic E-state index is -3.25. The number of aliphatic hydroxyl groups excluding tert-OH is 1. The van der Waals surface area contributed by atoms with Gasteiger partial charge in [0.2, 0.25) is 0 Å². The van der Waals surface area contributed by atoms with Gasteiger partial charge in [0.1, 0.15) is 0 Å². The molecule has 3 aromatic rings. The molecule has 0 spiro atoms. The van der Waals surface area contributed by atoms with Crippen LogP contribution in [0.15, 0.2) is 59.9 Å². The molecule has 1 aliphatic heterocycles. The summed E-state index contributed by atoms with van der Waals surface area (Å²) in [6.07, 6.45) is 5.83. The Labute approximate surface area is 158 Å². The summed E-state index contributed by atoms with van der Waals surface area (Å²) in [4.78, 5) is 4.63. The molecule has 3 atom stereocenters. The number of rotatable bonds is 2. The maximum atomic E-state index is 11.8. The maximum Gasteiger partial charge on any atom is 0.175 e. The summed E-state index contributed by atoms with van der Waals surface area (Å²) >= 11 is 0. The third kappa shape index (κ3) is 2.47. The van der Waals surface area contributed by atoms with Gasteiger partial charge >= 0.3 is 0 Å². The number of imidazole rings is 1. The second kappa shape index (κ2) is 5.78. The lowest BCUT2D eigenvalue weighted by Gasteiger charge is -2.35. The number of aromatic nitrogens is 2. The molecule has 0 bridgehead atoms. The normalized spacial score (nSPS) is 23.6. The van der Waals surface area contributed by atoms with Crippen LogP contribution in [0.1, 0.15) is 35.3 Å². The van der Waals surface area contributed by atoms with Crippen LogP contribution in [0.3, 0.4) is 0 Å². The van der Waals surface area contributed by atoms with Gasteiger partial charge in [0.15, 0.2) is 9.84 Å². The molecule has 1 aromatic heterocycles. The van der Waals surface area contributed by atoms with E-state index in [1.807, 2.05) is 24.7 Å². The predicted octanol–water partition coefficient (Wildman–Crippen LogP) is 3.15. The largest absolute Gasteiger partial charge is 0.388 e. The third-order valence-corrected chi connectivity index (χ3v) is 7.05. The van der Waals surface area contributed by atoms with Gasteiger partial charge in [-0.25, -0.2) is 13.4 Å². The monoisotopic (exact) mass is 380 g/mol. The Morgan fingerprint density at radius 1 is 1.15 bits per heavy atom. The molecule has 0 amide bonds. The van der Waals surface area contributed by atoms with E-state index in [1.165, 1.54) is 17.4 Å². The van der Waals surface area contributed by atoms with Gasteiger partial charge in [-0.2, -0.15) is 0 Å². The minimum Gasteiger partial charge on any atom is -0.388 e. The Morgan fingerprint density at radius 2 is 1.96 bits per heavy atom. The number of fused-ring (bicyclic) bond motifs is 4. The fourth-order valence-corrected chi connectivity index (χ4v) is 5.34. The van der Waals surface area contributed by atoms with E-state index in [4.69, 9.17) is 0 Å². The average molecular weight is 380 g/mol. The highest BCUT2D eigenvalue weighted by molar-refractivity contribution is 7.90. The first-order valence-electron chi connectivity index (χ1n) is 9.07. The molecule has 0 unspecified atom stereocenters. The van der Waals surface area contributed by atoms with Crippen molar-refractivity contribution in [2.24, 2.45) is 5.92 Å².